The zero-order valence-electron chi connectivity index (χ0n) is 21.0. The normalized spacial score (nSPS) is 20.9. The molecule has 3 N–H and O–H groups in total. The summed E-state index contributed by atoms with van der Waals surface area (Å²) in [6.07, 6.45) is -2.69. The van der Waals surface area contributed by atoms with E-state index in [4.69, 9.17) is 9.47 Å². The Bertz CT molecular complexity index is 1260. The van der Waals surface area contributed by atoms with E-state index >= 15 is 0 Å². The fraction of sp³-hybridized carbons (Fsp3) is 0.480. The Hall–Kier alpha value is -3.54. The number of amides is 1. The third kappa shape index (κ3) is 6.24. The molecule has 1 amide bonds. The minimum absolute atomic E-state index is 0.0731. The number of aliphatic hydroxyl groups is 1. The van der Waals surface area contributed by atoms with Crippen LogP contribution in [-0.4, -0.2) is 68.9 Å². The van der Waals surface area contributed by atoms with Crippen LogP contribution in [0.15, 0.2) is 30.5 Å². The number of fused-ring (bicyclic) bond motifs is 1. The van der Waals surface area contributed by atoms with Crippen LogP contribution in [0.2, 0.25) is 0 Å². The Balaban J connectivity index is 1.65. The van der Waals surface area contributed by atoms with E-state index in [1.54, 1.807) is 33.3 Å². The summed E-state index contributed by atoms with van der Waals surface area (Å²) in [6, 6.07) is 5.95. The lowest BCUT2D eigenvalue weighted by molar-refractivity contribution is -0.189. The molecular weight excluding hydrogens is 491 g/mol. The van der Waals surface area contributed by atoms with Crippen molar-refractivity contribution in [1.82, 2.24) is 19.9 Å². The first-order valence-corrected chi connectivity index (χ1v) is 11.9. The summed E-state index contributed by atoms with van der Waals surface area (Å²) in [5.74, 6) is -0.179. The number of aromatic amines is 1. The van der Waals surface area contributed by atoms with Gasteiger partial charge in [0.05, 0.1) is 16.7 Å². The summed E-state index contributed by atoms with van der Waals surface area (Å²) >= 11 is 0. The van der Waals surface area contributed by atoms with Crippen molar-refractivity contribution in [2.24, 2.45) is 0 Å². The van der Waals surface area contributed by atoms with Crippen LogP contribution in [0.4, 0.5) is 24.8 Å². The lowest BCUT2D eigenvalue weighted by atomic mass is 9.85. The van der Waals surface area contributed by atoms with Crippen LogP contribution in [0, 0.1) is 0 Å². The molecule has 1 saturated carbocycles. The molecule has 0 unspecified atom stereocenters. The van der Waals surface area contributed by atoms with Crippen LogP contribution >= 0.6 is 0 Å². The van der Waals surface area contributed by atoms with E-state index in [0.717, 1.165) is 6.92 Å². The molecule has 0 saturated heterocycles. The van der Waals surface area contributed by atoms with Gasteiger partial charge in [-0.15, -0.1) is 0 Å². The van der Waals surface area contributed by atoms with Gasteiger partial charge in [-0.05, 0) is 63.8 Å². The molecule has 12 heteroatoms. The van der Waals surface area contributed by atoms with E-state index in [-0.39, 0.29) is 35.0 Å². The molecule has 37 heavy (non-hydrogen) atoms. The van der Waals surface area contributed by atoms with Crippen LogP contribution in [0.25, 0.3) is 11.0 Å². The zero-order chi connectivity index (χ0) is 27.0. The van der Waals surface area contributed by atoms with Crippen molar-refractivity contribution in [3.05, 3.63) is 36.0 Å². The number of hydrogen-bond acceptors (Lipinski definition) is 7. The average Bonchev–Trinajstić information content (AvgIpc) is 3.29. The van der Waals surface area contributed by atoms with Gasteiger partial charge in [0.2, 0.25) is 11.8 Å². The molecule has 1 atom stereocenters. The van der Waals surface area contributed by atoms with Crippen molar-refractivity contribution in [2.45, 2.75) is 63.5 Å². The van der Waals surface area contributed by atoms with E-state index in [9.17, 15) is 23.1 Å². The number of H-pyrrole nitrogens is 1. The number of nitrogens with one attached hydrogen (secondary N) is 2. The highest BCUT2D eigenvalue weighted by atomic mass is 19.4. The monoisotopic (exact) mass is 521 g/mol. The maximum absolute atomic E-state index is 13.3. The second kappa shape index (κ2) is 10.1. The van der Waals surface area contributed by atoms with E-state index in [0.29, 0.717) is 42.6 Å². The Morgan fingerprint density at radius 1 is 1.24 bits per heavy atom. The van der Waals surface area contributed by atoms with Gasteiger partial charge < -0.3 is 29.8 Å². The topological polar surface area (TPSA) is 113 Å². The van der Waals surface area contributed by atoms with Crippen LogP contribution in [0.1, 0.15) is 49.9 Å². The van der Waals surface area contributed by atoms with Crippen molar-refractivity contribution < 1.29 is 32.5 Å². The van der Waals surface area contributed by atoms with Gasteiger partial charge in [0.15, 0.2) is 6.10 Å². The van der Waals surface area contributed by atoms with Crippen molar-refractivity contribution >= 4 is 28.6 Å². The summed E-state index contributed by atoms with van der Waals surface area (Å²) < 4.78 is 51.2. The number of alkyl halides is 3. The third-order valence-electron chi connectivity index (χ3n) is 6.31. The molecule has 2 aromatic heterocycles. The smallest absolute Gasteiger partial charge is 0.425 e. The molecule has 0 spiro atoms. The Morgan fingerprint density at radius 3 is 2.59 bits per heavy atom. The van der Waals surface area contributed by atoms with Gasteiger partial charge in [-0.25, -0.2) is 0 Å². The number of nitrogens with zero attached hydrogens (tertiary/aromatic N) is 3. The molecule has 200 valence electrons. The van der Waals surface area contributed by atoms with Gasteiger partial charge in [0.25, 0.3) is 5.91 Å². The Labute approximate surface area is 212 Å². The number of halogens is 3. The quantitative estimate of drug-likeness (QED) is 0.409. The summed E-state index contributed by atoms with van der Waals surface area (Å²) in [6.45, 7) is 2.69. The van der Waals surface area contributed by atoms with E-state index in [1.165, 1.54) is 23.1 Å². The lowest BCUT2D eigenvalue weighted by Gasteiger charge is -2.33. The highest BCUT2D eigenvalue weighted by Gasteiger charge is 2.38. The maximum atomic E-state index is 13.3. The average molecular weight is 522 g/mol. The largest absolute Gasteiger partial charge is 0.479 e. The van der Waals surface area contributed by atoms with E-state index in [1.807, 2.05) is 0 Å². The van der Waals surface area contributed by atoms with Crippen LogP contribution in [-0.2, 0) is 0 Å². The van der Waals surface area contributed by atoms with Crippen molar-refractivity contribution in [2.75, 3.05) is 19.4 Å². The van der Waals surface area contributed by atoms with Crippen molar-refractivity contribution in [1.29, 1.82) is 0 Å². The van der Waals surface area contributed by atoms with Gasteiger partial charge in [0, 0.05) is 25.9 Å². The van der Waals surface area contributed by atoms with Crippen molar-refractivity contribution in [3.63, 3.8) is 0 Å². The number of aromatic nitrogens is 3. The van der Waals surface area contributed by atoms with Gasteiger partial charge in [-0.1, -0.05) is 0 Å². The molecular formula is C25H30F3N5O4. The summed E-state index contributed by atoms with van der Waals surface area (Å²) in [4.78, 5) is 25.6. The Morgan fingerprint density at radius 2 is 1.95 bits per heavy atom. The highest BCUT2D eigenvalue weighted by Crippen LogP contribution is 2.35. The first-order chi connectivity index (χ1) is 17.3. The highest BCUT2D eigenvalue weighted by molar-refractivity contribution is 5.95. The number of benzene rings is 1. The SMILES string of the molecule is C[C@@H](Oc1cc(C(=O)N(C)C)ccc1Nc1nc(OC2CCC(C)(O)CC2)c2cc[nH]c2n1)C(F)(F)F. The molecule has 2 heterocycles. The van der Waals surface area contributed by atoms with Gasteiger partial charge in [-0.2, -0.15) is 23.1 Å². The van der Waals surface area contributed by atoms with Crippen LogP contribution < -0.4 is 14.8 Å². The molecule has 0 aliphatic heterocycles. The predicted octanol–water partition coefficient (Wildman–Crippen LogP) is 4.81. The predicted molar refractivity (Wildman–Crippen MR) is 131 cm³/mol. The number of anilines is 2. The van der Waals surface area contributed by atoms with E-state index < -0.39 is 17.9 Å². The van der Waals surface area contributed by atoms with Crippen LogP contribution in [0.3, 0.4) is 0 Å². The van der Waals surface area contributed by atoms with Crippen molar-refractivity contribution in [3.8, 4) is 11.6 Å². The van der Waals surface area contributed by atoms with Gasteiger partial charge in [-0.3, -0.25) is 4.79 Å². The molecule has 1 aliphatic rings. The molecule has 0 radical (unpaired) electrons. The Kier molecular flexibility index (Phi) is 7.22. The second-order valence-electron chi connectivity index (χ2n) is 9.74. The van der Waals surface area contributed by atoms with Crippen LogP contribution in [0.5, 0.6) is 11.6 Å². The molecule has 9 nitrogen and oxygen atoms in total. The minimum Gasteiger partial charge on any atom is -0.479 e. The number of hydrogen-bond donors (Lipinski definition) is 3. The zero-order valence-corrected chi connectivity index (χ0v) is 21.0. The van der Waals surface area contributed by atoms with E-state index in [2.05, 4.69) is 20.3 Å². The standard InChI is InChI=1S/C25H30F3N5O4/c1-14(25(26,27)28)36-19-13-15(22(34)33(3)4)5-6-18(19)30-23-31-20-17(9-12-29-20)21(32-23)37-16-7-10-24(2,35)11-8-16/h5-6,9,12-14,16,35H,7-8,10-11H2,1-4H3,(H2,29,30,31,32)/t14-,16?,24?/m1/s1. The molecule has 0 bridgehead atoms. The van der Waals surface area contributed by atoms with Gasteiger partial charge in [0.1, 0.15) is 17.5 Å². The van der Waals surface area contributed by atoms with Gasteiger partial charge >= 0.3 is 6.18 Å². The lowest BCUT2D eigenvalue weighted by Crippen LogP contribution is -2.35. The minimum atomic E-state index is -4.61. The molecule has 3 aromatic rings. The number of carbonyl (C=O) groups is 1. The fourth-order valence-corrected chi connectivity index (χ4v) is 4.04. The summed E-state index contributed by atoms with van der Waals surface area (Å²) in [7, 11) is 3.09. The summed E-state index contributed by atoms with van der Waals surface area (Å²) in [5, 5.41) is 13.8. The summed E-state index contributed by atoms with van der Waals surface area (Å²) in [5.41, 5.74) is 0.0711. The molecule has 4 rings (SSSR count). The maximum Gasteiger partial charge on any atom is 0.425 e. The fourth-order valence-electron chi connectivity index (χ4n) is 4.04. The number of carbonyl (C=O) groups excluding carboxylic acids is 1. The molecule has 1 aromatic carbocycles. The first kappa shape index (κ1) is 26.5. The molecule has 1 fully saturated rings. The first-order valence-electron chi connectivity index (χ1n) is 11.9. The number of rotatable bonds is 7. The molecule has 1 aliphatic carbocycles. The second-order valence-corrected chi connectivity index (χ2v) is 9.74. The number of ether oxygens (including phenoxy) is 2. The third-order valence-corrected chi connectivity index (χ3v) is 6.31.